The lowest BCUT2D eigenvalue weighted by atomic mass is 9.91. The molecule has 1 fully saturated rings. The summed E-state index contributed by atoms with van der Waals surface area (Å²) in [5, 5.41) is 10.6. The largest absolute Gasteiger partial charge is 0.493 e. The van der Waals surface area contributed by atoms with Crippen molar-refractivity contribution in [2.45, 2.75) is 18.9 Å². The van der Waals surface area contributed by atoms with E-state index in [0.29, 0.717) is 34.5 Å². The highest BCUT2D eigenvalue weighted by Gasteiger charge is 2.32. The maximum absolute atomic E-state index is 11.6. The summed E-state index contributed by atoms with van der Waals surface area (Å²) >= 11 is 12.6. The monoisotopic (exact) mass is 423 g/mol. The van der Waals surface area contributed by atoms with E-state index >= 15 is 0 Å². The summed E-state index contributed by atoms with van der Waals surface area (Å²) in [4.78, 5) is 13.7. The number of carboxylic acids is 1. The molecule has 150 valence electrons. The summed E-state index contributed by atoms with van der Waals surface area (Å²) in [6, 6.07) is 10.9. The molecule has 0 aliphatic carbocycles. The fraction of sp³-hybridized carbons (Fsp3) is 0.381. The number of hydrogen-bond acceptors (Lipinski definition) is 4. The van der Waals surface area contributed by atoms with Crippen LogP contribution in [0.1, 0.15) is 30.0 Å². The van der Waals surface area contributed by atoms with Crippen molar-refractivity contribution < 1.29 is 19.4 Å². The van der Waals surface area contributed by atoms with Crippen molar-refractivity contribution in [3.8, 4) is 11.5 Å². The summed E-state index contributed by atoms with van der Waals surface area (Å²) < 4.78 is 10.8. The van der Waals surface area contributed by atoms with Crippen LogP contribution in [-0.2, 0) is 4.79 Å². The number of methoxy groups -OCH3 is 2. The molecule has 1 heterocycles. The number of benzene rings is 2. The molecule has 2 atom stereocenters. The van der Waals surface area contributed by atoms with Crippen LogP contribution in [0.25, 0.3) is 0 Å². The lowest BCUT2D eigenvalue weighted by molar-refractivity contribution is -0.143. The first-order valence-electron chi connectivity index (χ1n) is 9.08. The summed E-state index contributed by atoms with van der Waals surface area (Å²) in [6.45, 7) is 1.23. The van der Waals surface area contributed by atoms with Gasteiger partial charge in [-0.1, -0.05) is 35.3 Å². The van der Waals surface area contributed by atoms with Crippen LogP contribution in [0.5, 0.6) is 11.5 Å². The van der Waals surface area contributed by atoms with E-state index < -0.39 is 11.9 Å². The Balaban J connectivity index is 2.08. The molecule has 1 aliphatic heterocycles. The van der Waals surface area contributed by atoms with Crippen molar-refractivity contribution in [2.75, 3.05) is 27.3 Å². The second-order valence-electron chi connectivity index (χ2n) is 6.86. The van der Waals surface area contributed by atoms with E-state index in [4.69, 9.17) is 32.7 Å². The Bertz CT molecular complexity index is 858. The molecule has 1 N–H and O–H groups in total. The highest BCUT2D eigenvalue weighted by molar-refractivity contribution is 6.35. The third kappa shape index (κ3) is 4.37. The molecule has 2 aromatic carbocycles. The first-order valence-corrected chi connectivity index (χ1v) is 9.84. The third-order valence-electron chi connectivity index (χ3n) is 5.15. The quantitative estimate of drug-likeness (QED) is 0.715. The van der Waals surface area contributed by atoms with Gasteiger partial charge in [-0.25, -0.2) is 0 Å². The second kappa shape index (κ2) is 9.03. The number of nitrogens with zero attached hydrogens (tertiary/aromatic N) is 1. The Kier molecular flexibility index (Phi) is 6.70. The summed E-state index contributed by atoms with van der Waals surface area (Å²) in [7, 11) is 3.18. The van der Waals surface area contributed by atoms with Crippen molar-refractivity contribution in [1.29, 1.82) is 0 Å². The molecule has 3 rings (SSSR count). The van der Waals surface area contributed by atoms with Crippen LogP contribution in [0.3, 0.4) is 0 Å². The molecule has 0 spiro atoms. The standard InChI is InChI=1S/C21H23Cl2NO4/c1-27-18-8-5-13(10-19(18)28-2)20(16-7-6-15(22)11-17(16)23)24-9-3-4-14(12-24)21(25)26/h5-8,10-11,14,20H,3-4,9,12H2,1-2H3,(H,25,26). The van der Waals surface area contributed by atoms with Gasteiger partial charge in [0.2, 0.25) is 0 Å². The topological polar surface area (TPSA) is 59.0 Å². The van der Waals surface area contributed by atoms with Gasteiger partial charge in [-0.05, 0) is 54.8 Å². The summed E-state index contributed by atoms with van der Waals surface area (Å²) in [5.41, 5.74) is 1.83. The SMILES string of the molecule is COc1ccc(C(c2ccc(Cl)cc2Cl)N2CCCC(C(=O)O)C2)cc1OC. The number of aliphatic carboxylic acids is 1. The molecule has 5 nitrogen and oxygen atoms in total. The van der Waals surface area contributed by atoms with E-state index in [1.807, 2.05) is 24.3 Å². The molecule has 28 heavy (non-hydrogen) atoms. The molecule has 0 saturated carbocycles. The minimum absolute atomic E-state index is 0.216. The van der Waals surface area contributed by atoms with Crippen LogP contribution in [0.15, 0.2) is 36.4 Å². The number of hydrogen-bond donors (Lipinski definition) is 1. The van der Waals surface area contributed by atoms with E-state index in [-0.39, 0.29) is 6.04 Å². The first kappa shape index (κ1) is 20.8. The minimum atomic E-state index is -0.766. The average molecular weight is 424 g/mol. The van der Waals surface area contributed by atoms with Gasteiger partial charge in [-0.2, -0.15) is 0 Å². The van der Waals surface area contributed by atoms with Gasteiger partial charge in [-0.15, -0.1) is 0 Å². The zero-order chi connectivity index (χ0) is 20.3. The maximum atomic E-state index is 11.6. The molecule has 0 radical (unpaired) electrons. The van der Waals surface area contributed by atoms with Gasteiger partial charge in [0, 0.05) is 16.6 Å². The number of carbonyl (C=O) groups is 1. The molecule has 2 aromatic rings. The molecule has 7 heteroatoms. The summed E-state index contributed by atoms with van der Waals surface area (Å²) in [5.74, 6) is 0.0802. The van der Waals surface area contributed by atoms with E-state index in [1.165, 1.54) is 0 Å². The highest BCUT2D eigenvalue weighted by Crippen LogP contribution is 2.40. The van der Waals surface area contributed by atoms with Gasteiger partial charge >= 0.3 is 5.97 Å². The maximum Gasteiger partial charge on any atom is 0.307 e. The Morgan fingerprint density at radius 2 is 1.89 bits per heavy atom. The normalized spacial score (nSPS) is 18.5. The van der Waals surface area contributed by atoms with Gasteiger partial charge in [0.1, 0.15) is 0 Å². The van der Waals surface area contributed by atoms with Crippen LogP contribution < -0.4 is 9.47 Å². The Labute approximate surface area is 174 Å². The van der Waals surface area contributed by atoms with Crippen LogP contribution in [-0.4, -0.2) is 43.3 Å². The minimum Gasteiger partial charge on any atom is -0.493 e. The first-order chi connectivity index (χ1) is 13.4. The number of carboxylic acid groups (broad SMARTS) is 1. The number of likely N-dealkylation sites (tertiary alicyclic amines) is 1. The highest BCUT2D eigenvalue weighted by atomic mass is 35.5. The molecule has 0 aromatic heterocycles. The number of piperidine rings is 1. The van der Waals surface area contributed by atoms with Crippen molar-refractivity contribution in [1.82, 2.24) is 4.90 Å². The molecule has 0 amide bonds. The Morgan fingerprint density at radius 1 is 1.14 bits per heavy atom. The molecule has 1 aliphatic rings. The molecule has 1 saturated heterocycles. The van der Waals surface area contributed by atoms with Crippen LogP contribution in [0.2, 0.25) is 10.0 Å². The fourth-order valence-electron chi connectivity index (χ4n) is 3.78. The van der Waals surface area contributed by atoms with Crippen molar-refractivity contribution >= 4 is 29.2 Å². The Morgan fingerprint density at radius 3 is 2.54 bits per heavy atom. The molecular weight excluding hydrogens is 401 g/mol. The van der Waals surface area contributed by atoms with Crippen LogP contribution in [0, 0.1) is 5.92 Å². The van der Waals surface area contributed by atoms with Gasteiger partial charge < -0.3 is 14.6 Å². The zero-order valence-corrected chi connectivity index (χ0v) is 17.3. The van der Waals surface area contributed by atoms with E-state index in [1.54, 1.807) is 26.4 Å². The fourth-order valence-corrected chi connectivity index (χ4v) is 4.29. The van der Waals surface area contributed by atoms with Crippen LogP contribution in [0.4, 0.5) is 0 Å². The molecular formula is C21H23Cl2NO4. The van der Waals surface area contributed by atoms with Crippen LogP contribution >= 0.6 is 23.2 Å². The zero-order valence-electron chi connectivity index (χ0n) is 15.8. The third-order valence-corrected chi connectivity index (χ3v) is 5.71. The lowest BCUT2D eigenvalue weighted by Crippen LogP contribution is -2.41. The predicted octanol–water partition coefficient (Wildman–Crippen LogP) is 4.90. The van der Waals surface area contributed by atoms with Gasteiger partial charge in [-0.3, -0.25) is 9.69 Å². The molecule has 2 unspecified atom stereocenters. The van der Waals surface area contributed by atoms with Gasteiger partial charge in [0.15, 0.2) is 11.5 Å². The van der Waals surface area contributed by atoms with Crippen molar-refractivity contribution in [3.63, 3.8) is 0 Å². The predicted molar refractivity (Wildman–Crippen MR) is 110 cm³/mol. The second-order valence-corrected chi connectivity index (χ2v) is 7.70. The van der Waals surface area contributed by atoms with E-state index in [0.717, 1.165) is 24.1 Å². The van der Waals surface area contributed by atoms with E-state index in [9.17, 15) is 9.90 Å². The average Bonchev–Trinajstić information content (AvgIpc) is 2.69. The van der Waals surface area contributed by atoms with Crippen molar-refractivity contribution in [3.05, 3.63) is 57.6 Å². The lowest BCUT2D eigenvalue weighted by Gasteiger charge is -2.38. The number of rotatable bonds is 6. The molecule has 0 bridgehead atoms. The summed E-state index contributed by atoms with van der Waals surface area (Å²) in [6.07, 6.45) is 1.49. The van der Waals surface area contributed by atoms with Crippen molar-refractivity contribution in [2.24, 2.45) is 5.92 Å². The number of ether oxygens (including phenoxy) is 2. The van der Waals surface area contributed by atoms with E-state index in [2.05, 4.69) is 4.90 Å². The Hall–Kier alpha value is -1.95. The van der Waals surface area contributed by atoms with Gasteiger partial charge in [0.05, 0.1) is 26.2 Å². The number of halogens is 2. The van der Waals surface area contributed by atoms with Gasteiger partial charge in [0.25, 0.3) is 0 Å². The smallest absolute Gasteiger partial charge is 0.307 e.